The van der Waals surface area contributed by atoms with E-state index in [0.29, 0.717) is 0 Å². The minimum Gasteiger partial charge on any atom is -0.0683 e. The van der Waals surface area contributed by atoms with Gasteiger partial charge in [0.2, 0.25) is 6.71 Å². The zero-order valence-corrected chi connectivity index (χ0v) is 18.1. The molecule has 0 aromatic heterocycles. The van der Waals surface area contributed by atoms with E-state index >= 15 is 0 Å². The van der Waals surface area contributed by atoms with Gasteiger partial charge in [-0.25, -0.2) is 0 Å². The first-order valence-electron chi connectivity index (χ1n) is 9.91. The minimum atomic E-state index is 0.269. The maximum atomic E-state index is 2.39. The van der Waals surface area contributed by atoms with Crippen LogP contribution in [0, 0.1) is 55.4 Å². The van der Waals surface area contributed by atoms with Crippen LogP contribution in [0.1, 0.15) is 44.5 Å². The van der Waals surface area contributed by atoms with E-state index in [9.17, 15) is 0 Å². The van der Waals surface area contributed by atoms with Crippen molar-refractivity contribution in [3.05, 3.63) is 87.0 Å². The highest BCUT2D eigenvalue weighted by Crippen LogP contribution is 2.14. The number of hydrogen-bond donors (Lipinski definition) is 0. The van der Waals surface area contributed by atoms with Crippen LogP contribution in [0.5, 0.6) is 0 Å². The van der Waals surface area contributed by atoms with Crippen molar-refractivity contribution in [1.82, 2.24) is 0 Å². The van der Waals surface area contributed by atoms with Gasteiger partial charge in [0.1, 0.15) is 0 Å². The van der Waals surface area contributed by atoms with Crippen LogP contribution in [0.15, 0.2) is 42.5 Å². The normalized spacial score (nSPS) is 11.0. The molecule has 3 aromatic rings. The Morgan fingerprint density at radius 2 is 0.852 bits per heavy atom. The van der Waals surface area contributed by atoms with Crippen molar-refractivity contribution in [2.75, 3.05) is 0 Å². The van der Waals surface area contributed by atoms with Crippen molar-refractivity contribution >= 4 is 23.1 Å². The van der Waals surface area contributed by atoms with E-state index in [0.717, 1.165) is 0 Å². The molecule has 0 amide bonds. The van der Waals surface area contributed by atoms with Crippen LogP contribution < -0.4 is 16.4 Å². The number of aryl methyl sites for hydroxylation is 8. The van der Waals surface area contributed by atoms with Crippen LogP contribution >= 0.6 is 0 Å². The topological polar surface area (TPSA) is 0 Å². The van der Waals surface area contributed by atoms with Crippen molar-refractivity contribution in [2.45, 2.75) is 55.4 Å². The summed E-state index contributed by atoms with van der Waals surface area (Å²) in [6.45, 7) is 18.1. The Bertz CT molecular complexity index is 907. The van der Waals surface area contributed by atoms with Gasteiger partial charge in [-0.2, -0.15) is 0 Å². The first-order valence-corrected chi connectivity index (χ1v) is 9.91. The summed E-state index contributed by atoms with van der Waals surface area (Å²) in [5.41, 5.74) is 15.2. The summed E-state index contributed by atoms with van der Waals surface area (Å²) in [7, 11) is 0. The molecule has 27 heavy (non-hydrogen) atoms. The summed E-state index contributed by atoms with van der Waals surface area (Å²) in [4.78, 5) is 0. The highest BCUT2D eigenvalue weighted by Gasteiger charge is 2.28. The molecule has 0 fully saturated rings. The Morgan fingerprint density at radius 3 is 1.22 bits per heavy atom. The maximum absolute atomic E-state index is 2.39. The minimum absolute atomic E-state index is 0.269. The number of rotatable bonds is 3. The van der Waals surface area contributed by atoms with Gasteiger partial charge in [-0.1, -0.05) is 92.2 Å². The molecule has 0 heterocycles. The first kappa shape index (κ1) is 19.5. The standard InChI is InChI=1S/C26H31B/c1-16-11-20(5)25(21(6)12-16)27(24-10-9-18(3)19(4)15-24)26-22(7)13-17(2)14-23(26)8/h9-15H,1-8H3. The van der Waals surface area contributed by atoms with Gasteiger partial charge in [0, 0.05) is 0 Å². The predicted octanol–water partition coefficient (Wildman–Crippen LogP) is 4.67. The number of benzene rings is 3. The van der Waals surface area contributed by atoms with Gasteiger partial charge in [0.05, 0.1) is 0 Å². The van der Waals surface area contributed by atoms with Crippen LogP contribution in [0.3, 0.4) is 0 Å². The quantitative estimate of drug-likeness (QED) is 0.600. The summed E-state index contributed by atoms with van der Waals surface area (Å²) >= 11 is 0. The van der Waals surface area contributed by atoms with Crippen LogP contribution in [-0.4, -0.2) is 6.71 Å². The Morgan fingerprint density at radius 1 is 0.444 bits per heavy atom. The molecule has 0 saturated heterocycles. The zero-order valence-electron chi connectivity index (χ0n) is 18.1. The highest BCUT2D eigenvalue weighted by atomic mass is 14.1. The van der Waals surface area contributed by atoms with Gasteiger partial charge in [-0.05, 0) is 66.5 Å². The van der Waals surface area contributed by atoms with Crippen LogP contribution in [0.25, 0.3) is 0 Å². The highest BCUT2D eigenvalue weighted by molar-refractivity contribution is 6.96. The molecule has 138 valence electrons. The summed E-state index contributed by atoms with van der Waals surface area (Å²) in [6.07, 6.45) is 0. The molecule has 3 rings (SSSR count). The van der Waals surface area contributed by atoms with Gasteiger partial charge in [0.15, 0.2) is 0 Å². The molecule has 0 bridgehead atoms. The second-order valence-electron chi connectivity index (χ2n) is 8.40. The molecule has 0 spiro atoms. The summed E-state index contributed by atoms with van der Waals surface area (Å²) in [5, 5.41) is 0. The Labute approximate surface area is 165 Å². The largest absolute Gasteiger partial charge is 0.242 e. The van der Waals surface area contributed by atoms with Crippen molar-refractivity contribution in [3.8, 4) is 0 Å². The third-order valence-electron chi connectivity index (χ3n) is 5.92. The lowest BCUT2D eigenvalue weighted by molar-refractivity contribution is 1.33. The smallest absolute Gasteiger partial charge is 0.0683 e. The van der Waals surface area contributed by atoms with Gasteiger partial charge >= 0.3 is 0 Å². The van der Waals surface area contributed by atoms with Crippen molar-refractivity contribution in [2.24, 2.45) is 0 Å². The van der Waals surface area contributed by atoms with E-state index in [1.165, 1.54) is 60.9 Å². The van der Waals surface area contributed by atoms with Gasteiger partial charge < -0.3 is 0 Å². The third-order valence-corrected chi connectivity index (χ3v) is 5.92. The van der Waals surface area contributed by atoms with E-state index in [-0.39, 0.29) is 6.71 Å². The van der Waals surface area contributed by atoms with E-state index in [1.54, 1.807) is 0 Å². The van der Waals surface area contributed by atoms with Gasteiger partial charge in [0.25, 0.3) is 0 Å². The van der Waals surface area contributed by atoms with E-state index in [2.05, 4.69) is 97.9 Å². The SMILES string of the molecule is Cc1cc(C)c(B(c2ccc(C)c(C)c2)c2c(C)cc(C)cc2C)c(C)c1. The first-order chi connectivity index (χ1) is 12.7. The average molecular weight is 354 g/mol. The van der Waals surface area contributed by atoms with E-state index in [4.69, 9.17) is 0 Å². The summed E-state index contributed by atoms with van der Waals surface area (Å²) < 4.78 is 0. The monoisotopic (exact) mass is 354 g/mol. The number of hydrogen-bond acceptors (Lipinski definition) is 0. The molecular formula is C26H31B. The lowest BCUT2D eigenvalue weighted by Gasteiger charge is -2.25. The molecule has 0 atom stereocenters. The maximum Gasteiger partial charge on any atom is 0.242 e. The van der Waals surface area contributed by atoms with Gasteiger partial charge in [-0.15, -0.1) is 0 Å². The molecule has 0 aliphatic heterocycles. The Hall–Kier alpha value is -2.28. The lowest BCUT2D eigenvalue weighted by Crippen LogP contribution is -2.56. The third kappa shape index (κ3) is 3.74. The molecule has 0 nitrogen and oxygen atoms in total. The fourth-order valence-corrected chi connectivity index (χ4v) is 4.71. The van der Waals surface area contributed by atoms with Gasteiger partial charge in [-0.3, -0.25) is 0 Å². The molecule has 0 radical (unpaired) electrons. The fourth-order valence-electron chi connectivity index (χ4n) is 4.71. The second kappa shape index (κ2) is 7.39. The van der Waals surface area contributed by atoms with Crippen LogP contribution in [-0.2, 0) is 0 Å². The molecule has 3 aromatic carbocycles. The second-order valence-corrected chi connectivity index (χ2v) is 8.40. The molecular weight excluding hydrogens is 323 g/mol. The zero-order chi connectivity index (χ0) is 19.9. The molecule has 0 saturated carbocycles. The molecule has 1 heteroatoms. The Kier molecular flexibility index (Phi) is 5.33. The van der Waals surface area contributed by atoms with Crippen molar-refractivity contribution < 1.29 is 0 Å². The molecule has 0 aliphatic rings. The predicted molar refractivity (Wildman–Crippen MR) is 122 cm³/mol. The lowest BCUT2D eigenvalue weighted by atomic mass is 9.34. The molecule has 0 aliphatic carbocycles. The molecule has 0 N–H and O–H groups in total. The van der Waals surface area contributed by atoms with E-state index < -0.39 is 0 Å². The average Bonchev–Trinajstić information content (AvgIpc) is 2.54. The summed E-state index contributed by atoms with van der Waals surface area (Å²) in [6, 6.07) is 16.3. The van der Waals surface area contributed by atoms with Crippen molar-refractivity contribution in [1.29, 1.82) is 0 Å². The fraction of sp³-hybridized carbons (Fsp3) is 0.308. The van der Waals surface area contributed by atoms with Crippen LogP contribution in [0.2, 0.25) is 0 Å². The van der Waals surface area contributed by atoms with Crippen LogP contribution in [0.4, 0.5) is 0 Å². The molecule has 0 unspecified atom stereocenters. The Balaban J connectivity index is 2.37. The van der Waals surface area contributed by atoms with E-state index in [1.807, 2.05) is 0 Å². The summed E-state index contributed by atoms with van der Waals surface area (Å²) in [5.74, 6) is 0. The van der Waals surface area contributed by atoms with Crippen molar-refractivity contribution in [3.63, 3.8) is 0 Å².